The van der Waals surface area contributed by atoms with E-state index in [1.54, 1.807) is 31.4 Å². The van der Waals surface area contributed by atoms with E-state index in [1.165, 1.54) is 24.3 Å². The van der Waals surface area contributed by atoms with Gasteiger partial charge in [-0.2, -0.15) is 0 Å². The number of nitrogens with one attached hydrogen (secondary N) is 1. The zero-order valence-corrected chi connectivity index (χ0v) is 24.2. The van der Waals surface area contributed by atoms with Crippen LogP contribution >= 0.6 is 11.6 Å². The fraction of sp³-hybridized carbons (Fsp3) is 0.345. The molecule has 0 heterocycles. The van der Waals surface area contributed by atoms with Crippen molar-refractivity contribution >= 4 is 33.2 Å². The molecule has 204 valence electrons. The summed E-state index contributed by atoms with van der Waals surface area (Å²) in [7, 11) is -2.48. The molecule has 0 aliphatic carbocycles. The Bertz CT molecular complexity index is 1370. The second-order valence-electron chi connectivity index (χ2n) is 9.26. The van der Waals surface area contributed by atoms with Crippen LogP contribution in [-0.2, 0) is 14.8 Å². The Morgan fingerprint density at radius 1 is 1.00 bits per heavy atom. The third kappa shape index (κ3) is 6.60. The maximum Gasteiger partial charge on any atom is 0.264 e. The normalized spacial score (nSPS) is 12.2. The first-order chi connectivity index (χ1) is 18.0. The molecule has 1 N–H and O–H groups in total. The Balaban J connectivity index is 1.97. The van der Waals surface area contributed by atoms with E-state index in [4.69, 9.17) is 21.1 Å². The summed E-state index contributed by atoms with van der Waals surface area (Å²) in [5, 5.41) is 3.39. The minimum atomic E-state index is -4.12. The molecule has 38 heavy (non-hydrogen) atoms. The van der Waals surface area contributed by atoms with Gasteiger partial charge in [-0.25, -0.2) is 8.42 Å². The minimum absolute atomic E-state index is 0.0154. The number of anilines is 1. The molecule has 0 spiro atoms. The first-order valence-corrected chi connectivity index (χ1v) is 14.3. The number of benzene rings is 3. The number of aryl methyl sites for hydroxylation is 1. The van der Waals surface area contributed by atoms with Crippen LogP contribution in [0.2, 0.25) is 5.02 Å². The molecule has 7 nitrogen and oxygen atoms in total. The first kappa shape index (κ1) is 29.3. The number of carbonyl (C=O) groups excluding carboxylic acids is 1. The number of ether oxygens (including phenoxy) is 2. The van der Waals surface area contributed by atoms with Crippen molar-refractivity contribution in [3.05, 3.63) is 82.4 Å². The fourth-order valence-electron chi connectivity index (χ4n) is 4.28. The number of sulfonamides is 1. The summed E-state index contributed by atoms with van der Waals surface area (Å²) in [6.45, 7) is 9.70. The van der Waals surface area contributed by atoms with Gasteiger partial charge in [0.25, 0.3) is 10.0 Å². The topological polar surface area (TPSA) is 84.9 Å². The van der Waals surface area contributed by atoms with Crippen LogP contribution < -0.4 is 19.1 Å². The SMILES string of the molecule is CCOc1ccccc1N(CC(=O)N[C@H](C)c1cc(C(C)C)c(OC)cc1C)S(=O)(=O)c1ccc(Cl)cc1. The minimum Gasteiger partial charge on any atom is -0.496 e. The highest BCUT2D eigenvalue weighted by Gasteiger charge is 2.30. The monoisotopic (exact) mass is 558 g/mol. The van der Waals surface area contributed by atoms with Crippen LogP contribution in [-0.4, -0.2) is 34.6 Å². The van der Waals surface area contributed by atoms with Crippen molar-refractivity contribution in [2.45, 2.75) is 51.5 Å². The summed E-state index contributed by atoms with van der Waals surface area (Å²) < 4.78 is 39.9. The molecule has 0 radical (unpaired) electrons. The van der Waals surface area contributed by atoms with E-state index in [2.05, 4.69) is 19.2 Å². The Hall–Kier alpha value is -3.23. The van der Waals surface area contributed by atoms with Crippen LogP contribution in [0.5, 0.6) is 11.5 Å². The van der Waals surface area contributed by atoms with Crippen LogP contribution in [0, 0.1) is 6.92 Å². The molecular formula is C29H35ClN2O5S. The summed E-state index contributed by atoms with van der Waals surface area (Å²) in [4.78, 5) is 13.4. The number of para-hydroxylation sites is 2. The lowest BCUT2D eigenvalue weighted by atomic mass is 9.93. The largest absolute Gasteiger partial charge is 0.496 e. The third-order valence-corrected chi connectivity index (χ3v) is 8.23. The Morgan fingerprint density at radius 2 is 1.66 bits per heavy atom. The number of halogens is 1. The highest BCUT2D eigenvalue weighted by molar-refractivity contribution is 7.92. The second kappa shape index (κ2) is 12.5. The summed E-state index contributed by atoms with van der Waals surface area (Å²) in [5.41, 5.74) is 3.21. The zero-order chi connectivity index (χ0) is 28.0. The Labute approximate surface area is 230 Å². The van der Waals surface area contributed by atoms with Gasteiger partial charge in [-0.1, -0.05) is 37.6 Å². The van der Waals surface area contributed by atoms with Crippen molar-refractivity contribution in [1.82, 2.24) is 5.32 Å². The summed E-state index contributed by atoms with van der Waals surface area (Å²) in [6, 6.07) is 16.2. The standard InChI is InChI=1S/C29H35ClN2O5S/c1-7-37-27-11-9-8-10-26(27)32(38(34,35)23-14-12-22(30)13-15-23)18-29(33)31-21(5)25-17-24(19(2)3)28(36-6)16-20(25)4/h8-17,19,21H,7,18H2,1-6H3,(H,31,33)/t21-/m1/s1. The van der Waals surface area contributed by atoms with E-state index < -0.39 is 22.5 Å². The fourth-order valence-corrected chi connectivity index (χ4v) is 5.84. The third-order valence-electron chi connectivity index (χ3n) is 6.21. The zero-order valence-electron chi connectivity index (χ0n) is 22.6. The molecule has 0 saturated heterocycles. The molecule has 0 fully saturated rings. The van der Waals surface area contributed by atoms with Gasteiger partial charge in [0.15, 0.2) is 0 Å². The number of hydrogen-bond acceptors (Lipinski definition) is 5. The molecule has 1 atom stereocenters. The predicted octanol–water partition coefficient (Wildman–Crippen LogP) is 6.25. The van der Waals surface area contributed by atoms with Gasteiger partial charge in [0.2, 0.25) is 5.91 Å². The van der Waals surface area contributed by atoms with Gasteiger partial charge >= 0.3 is 0 Å². The van der Waals surface area contributed by atoms with Crippen molar-refractivity contribution < 1.29 is 22.7 Å². The molecule has 0 bridgehead atoms. The van der Waals surface area contributed by atoms with Gasteiger partial charge in [-0.3, -0.25) is 9.10 Å². The van der Waals surface area contributed by atoms with Gasteiger partial charge in [-0.15, -0.1) is 0 Å². The Kier molecular flexibility index (Phi) is 9.68. The van der Waals surface area contributed by atoms with E-state index in [1.807, 2.05) is 32.9 Å². The van der Waals surface area contributed by atoms with Gasteiger partial charge in [-0.05, 0) is 91.9 Å². The average molecular weight is 559 g/mol. The number of amides is 1. The van der Waals surface area contributed by atoms with E-state index in [-0.39, 0.29) is 22.5 Å². The van der Waals surface area contributed by atoms with E-state index >= 15 is 0 Å². The van der Waals surface area contributed by atoms with Crippen molar-refractivity contribution in [2.24, 2.45) is 0 Å². The van der Waals surface area contributed by atoms with Gasteiger partial charge in [0, 0.05) is 5.02 Å². The maximum absolute atomic E-state index is 13.8. The number of carbonyl (C=O) groups is 1. The number of rotatable bonds is 11. The van der Waals surface area contributed by atoms with Crippen molar-refractivity contribution in [2.75, 3.05) is 24.6 Å². The van der Waals surface area contributed by atoms with Crippen LogP contribution in [0.4, 0.5) is 5.69 Å². The van der Waals surface area contributed by atoms with Gasteiger partial charge in [0.05, 0.1) is 30.3 Å². The van der Waals surface area contributed by atoms with Crippen molar-refractivity contribution in [1.29, 1.82) is 0 Å². The first-order valence-electron chi connectivity index (χ1n) is 12.5. The van der Waals surface area contributed by atoms with Crippen molar-refractivity contribution in [3.8, 4) is 11.5 Å². The van der Waals surface area contributed by atoms with Crippen molar-refractivity contribution in [3.63, 3.8) is 0 Å². The van der Waals surface area contributed by atoms with E-state index in [0.29, 0.717) is 17.4 Å². The highest BCUT2D eigenvalue weighted by Crippen LogP contribution is 2.34. The lowest BCUT2D eigenvalue weighted by Crippen LogP contribution is -2.41. The van der Waals surface area contributed by atoms with Crippen LogP contribution in [0.3, 0.4) is 0 Å². The molecule has 0 unspecified atom stereocenters. The van der Waals surface area contributed by atoms with E-state index in [0.717, 1.165) is 26.7 Å². The molecule has 1 amide bonds. The molecule has 9 heteroatoms. The second-order valence-corrected chi connectivity index (χ2v) is 11.6. The molecule has 0 aliphatic rings. The maximum atomic E-state index is 13.8. The number of nitrogens with zero attached hydrogens (tertiary/aromatic N) is 1. The molecule has 3 aromatic rings. The van der Waals surface area contributed by atoms with Crippen LogP contribution in [0.15, 0.2) is 65.6 Å². The average Bonchev–Trinajstić information content (AvgIpc) is 2.87. The smallest absolute Gasteiger partial charge is 0.264 e. The molecule has 0 saturated carbocycles. The Morgan fingerprint density at radius 3 is 2.26 bits per heavy atom. The molecule has 0 aromatic heterocycles. The lowest BCUT2D eigenvalue weighted by molar-refractivity contribution is -0.120. The molecule has 3 rings (SSSR count). The van der Waals surface area contributed by atoms with Gasteiger partial charge < -0.3 is 14.8 Å². The quantitative estimate of drug-likeness (QED) is 0.300. The van der Waals surface area contributed by atoms with Crippen LogP contribution in [0.1, 0.15) is 56.3 Å². The molecule has 3 aromatic carbocycles. The molecule has 0 aliphatic heterocycles. The van der Waals surface area contributed by atoms with Gasteiger partial charge in [0.1, 0.15) is 18.0 Å². The lowest BCUT2D eigenvalue weighted by Gasteiger charge is -2.27. The number of hydrogen-bond donors (Lipinski definition) is 1. The predicted molar refractivity (Wildman–Crippen MR) is 152 cm³/mol. The summed E-state index contributed by atoms with van der Waals surface area (Å²) >= 11 is 5.99. The summed E-state index contributed by atoms with van der Waals surface area (Å²) in [5.74, 6) is 0.929. The van der Waals surface area contributed by atoms with Crippen LogP contribution in [0.25, 0.3) is 0 Å². The van der Waals surface area contributed by atoms with E-state index in [9.17, 15) is 13.2 Å². The number of methoxy groups -OCH3 is 1. The highest BCUT2D eigenvalue weighted by atomic mass is 35.5. The molecular weight excluding hydrogens is 524 g/mol. The summed E-state index contributed by atoms with van der Waals surface area (Å²) in [6.07, 6.45) is 0.